The molecule has 1 aliphatic heterocycles. The first-order chi connectivity index (χ1) is 11.8. The van der Waals surface area contributed by atoms with Crippen LogP contribution in [0.25, 0.3) is 0 Å². The second-order valence-electron chi connectivity index (χ2n) is 8.01. The molecule has 1 saturated heterocycles. The van der Waals surface area contributed by atoms with Crippen LogP contribution in [0, 0.1) is 17.8 Å². The summed E-state index contributed by atoms with van der Waals surface area (Å²) in [6, 6.07) is 23.6. The highest BCUT2D eigenvalue weighted by molar-refractivity contribution is 5.25. The summed E-state index contributed by atoms with van der Waals surface area (Å²) in [7, 11) is 0. The third kappa shape index (κ3) is 2.80. The SMILES string of the molecule is CC(C)[C@@H]1[C@H]2CCC[C@H]2[C@H](c2ccccc2)N1Cc1ccccc1. The fraction of sp³-hybridized carbons (Fsp3) is 0.478. The van der Waals surface area contributed by atoms with Crippen molar-refractivity contribution in [1.29, 1.82) is 0 Å². The molecule has 1 heteroatoms. The summed E-state index contributed by atoms with van der Waals surface area (Å²) >= 11 is 0. The van der Waals surface area contributed by atoms with Crippen molar-refractivity contribution in [3.8, 4) is 0 Å². The van der Waals surface area contributed by atoms with E-state index in [-0.39, 0.29) is 0 Å². The zero-order chi connectivity index (χ0) is 16.5. The highest BCUT2D eigenvalue weighted by Gasteiger charge is 2.51. The number of fused-ring (bicyclic) bond motifs is 1. The van der Waals surface area contributed by atoms with E-state index >= 15 is 0 Å². The summed E-state index contributed by atoms with van der Waals surface area (Å²) in [4.78, 5) is 2.84. The molecule has 1 saturated carbocycles. The quantitative estimate of drug-likeness (QED) is 0.700. The van der Waals surface area contributed by atoms with Gasteiger partial charge in [0.2, 0.25) is 0 Å². The van der Waals surface area contributed by atoms with Crippen LogP contribution >= 0.6 is 0 Å². The van der Waals surface area contributed by atoms with Gasteiger partial charge in [-0.1, -0.05) is 80.9 Å². The molecule has 24 heavy (non-hydrogen) atoms. The van der Waals surface area contributed by atoms with E-state index in [0.29, 0.717) is 18.0 Å². The molecule has 0 unspecified atom stereocenters. The van der Waals surface area contributed by atoms with Crippen LogP contribution in [0.15, 0.2) is 60.7 Å². The van der Waals surface area contributed by atoms with Gasteiger partial charge in [-0.2, -0.15) is 0 Å². The molecule has 0 radical (unpaired) electrons. The van der Waals surface area contributed by atoms with Crippen molar-refractivity contribution < 1.29 is 0 Å². The van der Waals surface area contributed by atoms with Crippen molar-refractivity contribution in [3.05, 3.63) is 71.8 Å². The molecule has 1 heterocycles. The summed E-state index contributed by atoms with van der Waals surface area (Å²) in [5.74, 6) is 2.43. The Hall–Kier alpha value is -1.60. The Morgan fingerprint density at radius 3 is 2.17 bits per heavy atom. The fourth-order valence-electron chi connectivity index (χ4n) is 5.48. The zero-order valence-electron chi connectivity index (χ0n) is 14.9. The standard InChI is InChI=1S/C23H29N/c1-17(2)22-20-14-9-15-21(20)23(19-12-7-4-8-13-19)24(22)16-18-10-5-3-6-11-18/h3-8,10-13,17,20-23H,9,14-16H2,1-2H3/t20-,21+,22+,23-/m0/s1. The average Bonchev–Trinajstić information content (AvgIpc) is 3.16. The van der Waals surface area contributed by atoms with Crippen LogP contribution in [-0.2, 0) is 6.54 Å². The lowest BCUT2D eigenvalue weighted by atomic mass is 9.84. The van der Waals surface area contributed by atoms with Crippen LogP contribution in [0.5, 0.6) is 0 Å². The number of benzene rings is 2. The maximum Gasteiger partial charge on any atom is 0.0386 e. The van der Waals surface area contributed by atoms with Crippen molar-refractivity contribution >= 4 is 0 Å². The topological polar surface area (TPSA) is 3.24 Å². The second kappa shape index (κ2) is 6.72. The lowest BCUT2D eigenvalue weighted by Gasteiger charge is -2.35. The molecule has 4 atom stereocenters. The van der Waals surface area contributed by atoms with Gasteiger partial charge in [-0.15, -0.1) is 0 Å². The van der Waals surface area contributed by atoms with E-state index in [1.165, 1.54) is 30.4 Å². The van der Waals surface area contributed by atoms with Crippen molar-refractivity contribution in [2.45, 2.75) is 51.7 Å². The van der Waals surface area contributed by atoms with E-state index in [1.54, 1.807) is 0 Å². The molecule has 1 nitrogen and oxygen atoms in total. The number of rotatable bonds is 4. The fourth-order valence-corrected chi connectivity index (χ4v) is 5.48. The lowest BCUT2D eigenvalue weighted by molar-refractivity contribution is 0.124. The summed E-state index contributed by atoms with van der Waals surface area (Å²) in [6.45, 7) is 5.92. The first-order valence-corrected chi connectivity index (χ1v) is 9.60. The second-order valence-corrected chi connectivity index (χ2v) is 8.01. The summed E-state index contributed by atoms with van der Waals surface area (Å²) in [5.41, 5.74) is 2.97. The van der Waals surface area contributed by atoms with E-state index in [4.69, 9.17) is 0 Å². The van der Waals surface area contributed by atoms with Crippen LogP contribution in [0.1, 0.15) is 50.3 Å². The molecule has 2 aromatic rings. The predicted molar refractivity (Wildman–Crippen MR) is 101 cm³/mol. The third-order valence-electron chi connectivity index (χ3n) is 6.24. The largest absolute Gasteiger partial charge is 0.288 e. The first kappa shape index (κ1) is 15.9. The smallest absolute Gasteiger partial charge is 0.0386 e. The Bertz CT molecular complexity index is 648. The maximum absolute atomic E-state index is 2.84. The van der Waals surface area contributed by atoms with Crippen molar-refractivity contribution in [2.24, 2.45) is 17.8 Å². The van der Waals surface area contributed by atoms with E-state index in [1.807, 2.05) is 0 Å². The van der Waals surface area contributed by atoms with Gasteiger partial charge < -0.3 is 0 Å². The minimum absolute atomic E-state index is 0.589. The molecule has 4 rings (SSSR count). The van der Waals surface area contributed by atoms with Crippen molar-refractivity contribution in [1.82, 2.24) is 4.90 Å². The van der Waals surface area contributed by atoms with Crippen LogP contribution in [-0.4, -0.2) is 10.9 Å². The highest BCUT2D eigenvalue weighted by Crippen LogP contribution is 2.54. The van der Waals surface area contributed by atoms with Crippen LogP contribution in [0.3, 0.4) is 0 Å². The van der Waals surface area contributed by atoms with Gasteiger partial charge in [0.05, 0.1) is 0 Å². The molecule has 1 aliphatic carbocycles. The Morgan fingerprint density at radius 1 is 0.875 bits per heavy atom. The molecule has 2 aromatic carbocycles. The van der Waals surface area contributed by atoms with Gasteiger partial charge in [-0.3, -0.25) is 4.90 Å². The normalized spacial score (nSPS) is 30.0. The van der Waals surface area contributed by atoms with E-state index in [9.17, 15) is 0 Å². The van der Waals surface area contributed by atoms with Crippen LogP contribution in [0.2, 0.25) is 0 Å². The molecule has 0 aromatic heterocycles. The van der Waals surface area contributed by atoms with Gasteiger partial charge in [0.25, 0.3) is 0 Å². The van der Waals surface area contributed by atoms with E-state index in [0.717, 1.165) is 18.4 Å². The highest BCUT2D eigenvalue weighted by atomic mass is 15.2. The molecule has 2 aliphatic rings. The Balaban J connectivity index is 1.72. The Labute approximate surface area is 146 Å². The van der Waals surface area contributed by atoms with E-state index < -0.39 is 0 Å². The zero-order valence-corrected chi connectivity index (χ0v) is 14.9. The van der Waals surface area contributed by atoms with Gasteiger partial charge in [0, 0.05) is 18.6 Å². The summed E-state index contributed by atoms with van der Waals surface area (Å²) < 4.78 is 0. The van der Waals surface area contributed by atoms with Gasteiger partial charge in [0.15, 0.2) is 0 Å². The van der Waals surface area contributed by atoms with Crippen LogP contribution in [0.4, 0.5) is 0 Å². The molecule has 2 fully saturated rings. The van der Waals surface area contributed by atoms with Crippen molar-refractivity contribution in [2.75, 3.05) is 0 Å². The van der Waals surface area contributed by atoms with Crippen LogP contribution < -0.4 is 0 Å². The molecule has 0 N–H and O–H groups in total. The molecular formula is C23H29N. The number of hydrogen-bond acceptors (Lipinski definition) is 1. The lowest BCUT2D eigenvalue weighted by Crippen LogP contribution is -2.37. The van der Waals surface area contributed by atoms with Gasteiger partial charge >= 0.3 is 0 Å². The first-order valence-electron chi connectivity index (χ1n) is 9.60. The van der Waals surface area contributed by atoms with Gasteiger partial charge in [0.1, 0.15) is 0 Å². The minimum atomic E-state index is 0.589. The number of likely N-dealkylation sites (tertiary alicyclic amines) is 1. The summed E-state index contributed by atoms with van der Waals surface area (Å²) in [6.07, 6.45) is 4.24. The van der Waals surface area contributed by atoms with E-state index in [2.05, 4.69) is 79.4 Å². The molecule has 0 spiro atoms. The molecule has 126 valence electrons. The summed E-state index contributed by atoms with van der Waals surface area (Å²) in [5, 5.41) is 0. The molecular weight excluding hydrogens is 290 g/mol. The maximum atomic E-state index is 2.84. The third-order valence-corrected chi connectivity index (χ3v) is 6.24. The van der Waals surface area contributed by atoms with Gasteiger partial charge in [-0.05, 0) is 41.7 Å². The average molecular weight is 319 g/mol. The predicted octanol–water partition coefficient (Wildman–Crippen LogP) is 5.68. The minimum Gasteiger partial charge on any atom is -0.288 e. The monoisotopic (exact) mass is 319 g/mol. The van der Waals surface area contributed by atoms with Gasteiger partial charge in [-0.25, -0.2) is 0 Å². The molecule has 0 bridgehead atoms. The Morgan fingerprint density at radius 2 is 1.50 bits per heavy atom. The number of nitrogens with zero attached hydrogens (tertiary/aromatic N) is 1. The molecule has 0 amide bonds. The van der Waals surface area contributed by atoms with Crippen molar-refractivity contribution in [3.63, 3.8) is 0 Å². The Kier molecular flexibility index (Phi) is 4.45. The number of hydrogen-bond donors (Lipinski definition) is 0.